The lowest BCUT2D eigenvalue weighted by molar-refractivity contribution is -0.121. The third-order valence-corrected chi connectivity index (χ3v) is 8.10. The van der Waals surface area contributed by atoms with Crippen LogP contribution in [0.25, 0.3) is 22.4 Å². The molecular formula is C30H31N5O2. The van der Waals surface area contributed by atoms with Crippen LogP contribution >= 0.6 is 0 Å². The summed E-state index contributed by atoms with van der Waals surface area (Å²) in [6, 6.07) is 15.2. The topological polar surface area (TPSA) is 99.8 Å². The number of benzene rings is 2. The number of aryl methyl sites for hydroxylation is 2. The van der Waals surface area contributed by atoms with Gasteiger partial charge in [-0.2, -0.15) is 0 Å². The lowest BCUT2D eigenvalue weighted by atomic mass is 9.88. The Morgan fingerprint density at radius 2 is 1.86 bits per heavy atom. The average molecular weight is 494 g/mol. The molecule has 0 aliphatic heterocycles. The molecule has 6 rings (SSSR count). The lowest BCUT2D eigenvalue weighted by Gasteiger charge is -2.20. The van der Waals surface area contributed by atoms with Crippen LogP contribution in [0.3, 0.4) is 0 Å². The van der Waals surface area contributed by atoms with Crippen LogP contribution < -0.4 is 10.6 Å². The zero-order chi connectivity index (χ0) is 25.5. The molecule has 2 saturated carbocycles. The van der Waals surface area contributed by atoms with Crippen molar-refractivity contribution in [3.05, 3.63) is 71.4 Å². The van der Waals surface area contributed by atoms with Crippen LogP contribution in [-0.4, -0.2) is 26.8 Å². The van der Waals surface area contributed by atoms with Gasteiger partial charge in [-0.3, -0.25) is 9.59 Å². The molecule has 3 N–H and O–H groups in total. The monoisotopic (exact) mass is 493 g/mol. The summed E-state index contributed by atoms with van der Waals surface area (Å²) in [5.74, 6) is 2.59. The number of pyridine rings is 1. The number of imidazole rings is 1. The number of hydrogen-bond acceptors (Lipinski definition) is 4. The molecule has 2 aromatic carbocycles. The predicted octanol–water partition coefficient (Wildman–Crippen LogP) is 6.12. The molecule has 188 valence electrons. The summed E-state index contributed by atoms with van der Waals surface area (Å²) >= 11 is 0. The molecule has 3 unspecified atom stereocenters. The van der Waals surface area contributed by atoms with E-state index in [0.717, 1.165) is 41.1 Å². The summed E-state index contributed by atoms with van der Waals surface area (Å²) < 4.78 is 0. The zero-order valence-corrected chi connectivity index (χ0v) is 21.2. The fourth-order valence-corrected chi connectivity index (χ4v) is 6.01. The van der Waals surface area contributed by atoms with Gasteiger partial charge in [-0.25, -0.2) is 9.97 Å². The van der Waals surface area contributed by atoms with Gasteiger partial charge in [0.2, 0.25) is 5.91 Å². The van der Waals surface area contributed by atoms with Crippen LogP contribution in [0.4, 0.5) is 11.5 Å². The Hall–Kier alpha value is -4.00. The maximum absolute atomic E-state index is 12.8. The van der Waals surface area contributed by atoms with Crippen LogP contribution in [0.15, 0.2) is 54.7 Å². The van der Waals surface area contributed by atoms with Crippen molar-refractivity contribution in [3.8, 4) is 11.4 Å². The molecule has 2 aromatic heterocycles. The van der Waals surface area contributed by atoms with E-state index >= 15 is 0 Å². The van der Waals surface area contributed by atoms with Gasteiger partial charge >= 0.3 is 0 Å². The highest BCUT2D eigenvalue weighted by atomic mass is 16.2. The van der Waals surface area contributed by atoms with Gasteiger partial charge < -0.3 is 15.6 Å². The van der Waals surface area contributed by atoms with E-state index in [-0.39, 0.29) is 17.7 Å². The highest BCUT2D eigenvalue weighted by Crippen LogP contribution is 2.48. The van der Waals surface area contributed by atoms with Gasteiger partial charge in [0.1, 0.15) is 11.6 Å². The van der Waals surface area contributed by atoms with Gasteiger partial charge in [-0.15, -0.1) is 0 Å². The van der Waals surface area contributed by atoms with E-state index < -0.39 is 0 Å². The number of aromatic nitrogens is 3. The van der Waals surface area contributed by atoms with Crippen LogP contribution in [0.1, 0.15) is 54.1 Å². The maximum Gasteiger partial charge on any atom is 0.256 e. The second-order valence-corrected chi connectivity index (χ2v) is 10.5. The van der Waals surface area contributed by atoms with Crippen molar-refractivity contribution >= 4 is 34.4 Å². The van der Waals surface area contributed by atoms with Gasteiger partial charge in [0.15, 0.2) is 0 Å². The molecule has 0 saturated heterocycles. The first-order valence-electron chi connectivity index (χ1n) is 13.1. The van der Waals surface area contributed by atoms with Crippen LogP contribution in [0.5, 0.6) is 0 Å². The standard InChI is InChI=1S/C30H31N5O2/c1-3-19-14-22(6-4-17(19)2)29(36)35-27-15-25-26(16-31-27)34-28(33-25)20-8-10-23(11-9-20)32-30(37)24-13-18-5-7-21(24)12-18/h4,6,8-11,14-16,18,21,24H,3,5,7,12-13H2,1-2H3,(H,32,37)(H,33,34)(H,31,35,36). The Bertz CT molecular complexity index is 1490. The molecule has 4 aromatic rings. The van der Waals surface area contributed by atoms with Crippen LogP contribution in [0.2, 0.25) is 0 Å². The maximum atomic E-state index is 12.8. The highest BCUT2D eigenvalue weighted by Gasteiger charge is 2.43. The Morgan fingerprint density at radius 3 is 2.59 bits per heavy atom. The van der Waals surface area contributed by atoms with Gasteiger partial charge in [0, 0.05) is 28.8 Å². The number of carbonyl (C=O) groups excluding carboxylic acids is 2. The normalized spacial score (nSPS) is 20.3. The molecule has 2 fully saturated rings. The van der Waals surface area contributed by atoms with E-state index in [1.54, 1.807) is 12.3 Å². The largest absolute Gasteiger partial charge is 0.337 e. The van der Waals surface area contributed by atoms with E-state index in [0.29, 0.717) is 28.6 Å². The number of amides is 2. The minimum absolute atomic E-state index is 0.154. The van der Waals surface area contributed by atoms with E-state index in [2.05, 4.69) is 27.5 Å². The smallest absolute Gasteiger partial charge is 0.256 e. The Morgan fingerprint density at radius 1 is 1.03 bits per heavy atom. The molecule has 37 heavy (non-hydrogen) atoms. The Kier molecular flexibility index (Phi) is 5.99. The molecule has 7 heteroatoms. The minimum atomic E-state index is -0.194. The van der Waals surface area contributed by atoms with Crippen molar-refractivity contribution in [1.29, 1.82) is 0 Å². The van der Waals surface area contributed by atoms with Gasteiger partial charge in [0.25, 0.3) is 5.91 Å². The second kappa shape index (κ2) is 9.47. The van der Waals surface area contributed by atoms with Gasteiger partial charge in [-0.1, -0.05) is 19.4 Å². The molecule has 2 amide bonds. The summed E-state index contributed by atoms with van der Waals surface area (Å²) in [6.45, 7) is 4.13. The molecule has 2 aliphatic rings. The first-order chi connectivity index (χ1) is 18.0. The van der Waals surface area contributed by atoms with Crippen molar-refractivity contribution in [2.75, 3.05) is 10.6 Å². The van der Waals surface area contributed by atoms with E-state index in [1.165, 1.54) is 24.8 Å². The third-order valence-electron chi connectivity index (χ3n) is 8.10. The molecule has 2 bridgehead atoms. The number of nitrogens with one attached hydrogen (secondary N) is 3. The van der Waals surface area contributed by atoms with E-state index in [4.69, 9.17) is 4.98 Å². The van der Waals surface area contributed by atoms with Crippen molar-refractivity contribution in [2.45, 2.75) is 46.0 Å². The molecule has 2 heterocycles. The quantitative estimate of drug-likeness (QED) is 0.301. The molecule has 2 aliphatic carbocycles. The summed E-state index contributed by atoms with van der Waals surface area (Å²) in [5.41, 5.74) is 6.16. The number of carbonyl (C=O) groups is 2. The minimum Gasteiger partial charge on any atom is -0.337 e. The molecular weight excluding hydrogens is 462 g/mol. The number of H-pyrrole nitrogens is 1. The fraction of sp³-hybridized carbons (Fsp3) is 0.333. The van der Waals surface area contributed by atoms with E-state index in [9.17, 15) is 9.59 Å². The molecule has 0 radical (unpaired) electrons. The third kappa shape index (κ3) is 4.61. The average Bonchev–Trinajstić information content (AvgIpc) is 3.65. The molecule has 7 nitrogen and oxygen atoms in total. The highest BCUT2D eigenvalue weighted by molar-refractivity contribution is 6.04. The Balaban J connectivity index is 1.14. The van der Waals surface area contributed by atoms with Crippen molar-refractivity contribution in [1.82, 2.24) is 15.0 Å². The number of rotatable bonds is 6. The number of hydrogen-bond donors (Lipinski definition) is 3. The Labute approximate surface area is 216 Å². The van der Waals surface area contributed by atoms with E-state index in [1.807, 2.05) is 49.4 Å². The zero-order valence-electron chi connectivity index (χ0n) is 21.2. The predicted molar refractivity (Wildman–Crippen MR) is 145 cm³/mol. The van der Waals surface area contributed by atoms with Crippen molar-refractivity contribution < 1.29 is 9.59 Å². The fourth-order valence-electron chi connectivity index (χ4n) is 6.01. The summed E-state index contributed by atoms with van der Waals surface area (Å²) in [5, 5.41) is 5.99. The lowest BCUT2D eigenvalue weighted by Crippen LogP contribution is -2.27. The van der Waals surface area contributed by atoms with Crippen LogP contribution in [-0.2, 0) is 11.2 Å². The number of anilines is 2. The SMILES string of the molecule is CCc1cc(C(=O)Nc2cc3nc(-c4ccc(NC(=O)C5CC6CCC5C6)cc4)[nH]c3cn2)ccc1C. The number of fused-ring (bicyclic) bond motifs is 3. The first kappa shape index (κ1) is 23.4. The van der Waals surface area contributed by atoms with Crippen molar-refractivity contribution in [3.63, 3.8) is 0 Å². The summed E-state index contributed by atoms with van der Waals surface area (Å²) in [7, 11) is 0. The molecule has 0 spiro atoms. The molecule has 3 atom stereocenters. The summed E-state index contributed by atoms with van der Waals surface area (Å²) in [4.78, 5) is 37.9. The van der Waals surface area contributed by atoms with Crippen molar-refractivity contribution in [2.24, 2.45) is 17.8 Å². The summed E-state index contributed by atoms with van der Waals surface area (Å²) in [6.07, 6.45) is 7.29. The second-order valence-electron chi connectivity index (χ2n) is 10.5. The first-order valence-corrected chi connectivity index (χ1v) is 13.1. The number of aromatic amines is 1. The van der Waals surface area contributed by atoms with Gasteiger partial charge in [-0.05, 0) is 92.0 Å². The number of nitrogens with zero attached hydrogens (tertiary/aromatic N) is 2. The van der Waals surface area contributed by atoms with Gasteiger partial charge in [0.05, 0.1) is 17.2 Å². The van der Waals surface area contributed by atoms with Crippen LogP contribution in [0, 0.1) is 24.7 Å².